The first-order valence-electron chi connectivity index (χ1n) is 9.66. The Morgan fingerprint density at radius 3 is 2.50 bits per heavy atom. The van der Waals surface area contributed by atoms with Gasteiger partial charge < -0.3 is 9.84 Å². The third kappa shape index (κ3) is 4.38. The van der Waals surface area contributed by atoms with E-state index in [-0.39, 0.29) is 0 Å². The minimum Gasteiger partial charge on any atom is -0.424 e. The van der Waals surface area contributed by atoms with Crippen molar-refractivity contribution in [1.82, 2.24) is 14.9 Å². The molecule has 144 valence electrons. The highest BCUT2D eigenvalue weighted by Crippen LogP contribution is 2.33. The molecule has 0 aliphatic carbocycles. The monoisotopic (exact) mass is 375 g/mol. The van der Waals surface area contributed by atoms with Gasteiger partial charge in [-0.25, -0.2) is 9.97 Å². The zero-order chi connectivity index (χ0) is 19.4. The van der Waals surface area contributed by atoms with Gasteiger partial charge in [0.1, 0.15) is 5.75 Å². The SMILES string of the molecule is Cc1cccc(C2(O)CCN(Cc3cccc(Oc4ncccn4)c3)CC2)c1. The van der Waals surface area contributed by atoms with E-state index in [9.17, 15) is 5.11 Å². The lowest BCUT2D eigenvalue weighted by molar-refractivity contribution is -0.0277. The highest BCUT2D eigenvalue weighted by molar-refractivity contribution is 5.31. The third-order valence-corrected chi connectivity index (χ3v) is 5.29. The van der Waals surface area contributed by atoms with Gasteiger partial charge in [0.2, 0.25) is 0 Å². The number of hydrogen-bond acceptors (Lipinski definition) is 5. The van der Waals surface area contributed by atoms with Crippen molar-refractivity contribution >= 4 is 0 Å². The largest absolute Gasteiger partial charge is 0.424 e. The first-order valence-corrected chi connectivity index (χ1v) is 9.66. The molecule has 1 aliphatic rings. The summed E-state index contributed by atoms with van der Waals surface area (Å²) in [6, 6.07) is 18.4. The maximum atomic E-state index is 11.1. The van der Waals surface area contributed by atoms with Gasteiger partial charge in [0, 0.05) is 32.0 Å². The van der Waals surface area contributed by atoms with Crippen LogP contribution in [-0.4, -0.2) is 33.1 Å². The zero-order valence-corrected chi connectivity index (χ0v) is 16.1. The number of aryl methyl sites for hydroxylation is 1. The number of ether oxygens (including phenoxy) is 1. The average Bonchev–Trinajstić information content (AvgIpc) is 2.71. The second-order valence-electron chi connectivity index (χ2n) is 7.46. The molecular weight excluding hydrogens is 350 g/mol. The summed E-state index contributed by atoms with van der Waals surface area (Å²) in [7, 11) is 0. The highest BCUT2D eigenvalue weighted by Gasteiger charge is 2.33. The zero-order valence-electron chi connectivity index (χ0n) is 16.1. The lowest BCUT2D eigenvalue weighted by Crippen LogP contribution is -2.42. The van der Waals surface area contributed by atoms with Gasteiger partial charge in [0.15, 0.2) is 0 Å². The Kier molecular flexibility index (Phi) is 5.37. The smallest absolute Gasteiger partial charge is 0.321 e. The highest BCUT2D eigenvalue weighted by atomic mass is 16.5. The van der Waals surface area contributed by atoms with Crippen molar-refractivity contribution < 1.29 is 9.84 Å². The molecule has 0 amide bonds. The Bertz CT molecular complexity index is 922. The van der Waals surface area contributed by atoms with Gasteiger partial charge in [-0.05, 0) is 49.1 Å². The Morgan fingerprint density at radius 2 is 1.75 bits per heavy atom. The number of likely N-dealkylation sites (tertiary alicyclic amines) is 1. The fourth-order valence-corrected chi connectivity index (χ4v) is 3.71. The first kappa shape index (κ1) is 18.6. The van der Waals surface area contributed by atoms with Gasteiger partial charge in [0.25, 0.3) is 0 Å². The topological polar surface area (TPSA) is 58.5 Å². The molecule has 5 nitrogen and oxygen atoms in total. The predicted molar refractivity (Wildman–Crippen MR) is 108 cm³/mol. The summed E-state index contributed by atoms with van der Waals surface area (Å²) in [5.74, 6) is 0.733. The molecule has 1 aliphatic heterocycles. The number of piperidine rings is 1. The molecule has 4 rings (SSSR count). The van der Waals surface area contributed by atoms with Crippen molar-refractivity contribution in [2.24, 2.45) is 0 Å². The summed E-state index contributed by atoms with van der Waals surface area (Å²) in [6.45, 7) is 4.61. The molecule has 2 aromatic carbocycles. The van der Waals surface area contributed by atoms with Gasteiger partial charge >= 0.3 is 6.01 Å². The second kappa shape index (κ2) is 8.09. The van der Waals surface area contributed by atoms with Crippen LogP contribution in [0.15, 0.2) is 67.0 Å². The Labute approximate surface area is 165 Å². The minimum atomic E-state index is -0.724. The van der Waals surface area contributed by atoms with E-state index in [1.807, 2.05) is 30.3 Å². The van der Waals surface area contributed by atoms with E-state index >= 15 is 0 Å². The van der Waals surface area contributed by atoms with E-state index in [1.165, 1.54) is 11.1 Å². The van der Waals surface area contributed by atoms with E-state index in [2.05, 4.69) is 40.0 Å². The molecule has 1 aromatic heterocycles. The standard InChI is InChI=1S/C23H25N3O2/c1-18-5-2-7-20(15-18)23(27)9-13-26(14-10-23)17-19-6-3-8-21(16-19)28-22-24-11-4-12-25-22/h2-8,11-12,15-16,27H,9-10,13-14,17H2,1H3. The van der Waals surface area contributed by atoms with E-state index in [4.69, 9.17) is 4.74 Å². The maximum absolute atomic E-state index is 11.1. The molecule has 2 heterocycles. The molecule has 28 heavy (non-hydrogen) atoms. The van der Waals surface area contributed by atoms with Gasteiger partial charge in [-0.15, -0.1) is 0 Å². The molecular formula is C23H25N3O2. The van der Waals surface area contributed by atoms with Gasteiger partial charge in [-0.2, -0.15) is 0 Å². The quantitative estimate of drug-likeness (QED) is 0.729. The number of aromatic nitrogens is 2. The Hall–Kier alpha value is -2.76. The average molecular weight is 375 g/mol. The minimum absolute atomic E-state index is 0.348. The van der Waals surface area contributed by atoms with Crippen LogP contribution in [0.25, 0.3) is 0 Å². The lowest BCUT2D eigenvalue weighted by atomic mass is 9.84. The van der Waals surface area contributed by atoms with Crippen LogP contribution < -0.4 is 4.74 Å². The van der Waals surface area contributed by atoms with Crippen LogP contribution in [0.5, 0.6) is 11.8 Å². The van der Waals surface area contributed by atoms with Crippen LogP contribution >= 0.6 is 0 Å². The Balaban J connectivity index is 1.38. The molecule has 0 spiro atoms. The molecule has 1 N–H and O–H groups in total. The van der Waals surface area contributed by atoms with Gasteiger partial charge in [0.05, 0.1) is 5.60 Å². The van der Waals surface area contributed by atoms with E-state index in [0.717, 1.165) is 43.8 Å². The maximum Gasteiger partial charge on any atom is 0.321 e. The molecule has 3 aromatic rings. The number of nitrogens with zero attached hydrogens (tertiary/aromatic N) is 3. The number of rotatable bonds is 5. The van der Waals surface area contributed by atoms with Crippen LogP contribution in [0.1, 0.15) is 29.5 Å². The molecule has 0 radical (unpaired) electrons. The van der Waals surface area contributed by atoms with Crippen molar-refractivity contribution in [2.75, 3.05) is 13.1 Å². The fourth-order valence-electron chi connectivity index (χ4n) is 3.71. The summed E-state index contributed by atoms with van der Waals surface area (Å²) in [4.78, 5) is 10.6. The molecule has 5 heteroatoms. The number of benzene rings is 2. The van der Waals surface area contributed by atoms with Crippen LogP contribution in [0.3, 0.4) is 0 Å². The molecule has 0 atom stereocenters. The van der Waals surface area contributed by atoms with Crippen LogP contribution in [0.2, 0.25) is 0 Å². The van der Waals surface area contributed by atoms with Crippen LogP contribution in [0, 0.1) is 6.92 Å². The molecule has 0 saturated carbocycles. The van der Waals surface area contributed by atoms with E-state index < -0.39 is 5.60 Å². The molecule has 0 unspecified atom stereocenters. The predicted octanol–water partition coefficient (Wildman–Crippen LogP) is 4.06. The van der Waals surface area contributed by atoms with Crippen LogP contribution in [-0.2, 0) is 12.1 Å². The van der Waals surface area contributed by atoms with Crippen molar-refractivity contribution in [2.45, 2.75) is 31.9 Å². The van der Waals surface area contributed by atoms with Gasteiger partial charge in [-0.3, -0.25) is 4.90 Å². The first-order chi connectivity index (χ1) is 13.6. The van der Waals surface area contributed by atoms with Crippen molar-refractivity contribution in [3.05, 3.63) is 83.7 Å². The fraction of sp³-hybridized carbons (Fsp3) is 0.304. The molecule has 0 bridgehead atoms. The summed E-state index contributed by atoms with van der Waals surface area (Å²) < 4.78 is 5.73. The Morgan fingerprint density at radius 1 is 1.00 bits per heavy atom. The summed E-state index contributed by atoms with van der Waals surface area (Å²) in [6.07, 6.45) is 4.81. The van der Waals surface area contributed by atoms with Crippen molar-refractivity contribution in [3.8, 4) is 11.8 Å². The number of hydrogen-bond donors (Lipinski definition) is 1. The molecule has 1 fully saturated rings. The van der Waals surface area contributed by atoms with E-state index in [0.29, 0.717) is 6.01 Å². The van der Waals surface area contributed by atoms with Crippen molar-refractivity contribution in [1.29, 1.82) is 0 Å². The van der Waals surface area contributed by atoms with Gasteiger partial charge in [-0.1, -0.05) is 42.0 Å². The lowest BCUT2D eigenvalue weighted by Gasteiger charge is -2.38. The number of aliphatic hydroxyl groups is 1. The van der Waals surface area contributed by atoms with E-state index in [1.54, 1.807) is 18.5 Å². The second-order valence-corrected chi connectivity index (χ2v) is 7.46. The third-order valence-electron chi connectivity index (χ3n) is 5.29. The summed E-state index contributed by atoms with van der Waals surface area (Å²) in [5.41, 5.74) is 2.67. The molecule has 1 saturated heterocycles. The normalized spacial score (nSPS) is 16.6. The summed E-state index contributed by atoms with van der Waals surface area (Å²) in [5, 5.41) is 11.1. The van der Waals surface area contributed by atoms with Crippen molar-refractivity contribution in [3.63, 3.8) is 0 Å². The van der Waals surface area contributed by atoms with Crippen LogP contribution in [0.4, 0.5) is 0 Å². The summed E-state index contributed by atoms with van der Waals surface area (Å²) >= 11 is 0.